The standard InChI is InChI=1S/C14H17IO2/c15-13-8-4-7-12(9-13)14(16)17-10-11-5-2-1-3-6-11/h1-3,5-6,12-13H,4,7-10H2. The lowest BCUT2D eigenvalue weighted by Crippen LogP contribution is -2.24. The lowest BCUT2D eigenvalue weighted by Gasteiger charge is -2.24. The molecule has 0 aromatic heterocycles. The summed E-state index contributed by atoms with van der Waals surface area (Å²) in [5, 5.41) is 0. The molecule has 92 valence electrons. The molecule has 2 unspecified atom stereocenters. The van der Waals surface area contributed by atoms with E-state index in [9.17, 15) is 4.79 Å². The lowest BCUT2D eigenvalue weighted by atomic mass is 9.89. The van der Waals surface area contributed by atoms with Gasteiger partial charge in [0.05, 0.1) is 5.92 Å². The first-order valence-corrected chi connectivity index (χ1v) is 7.35. The maximum atomic E-state index is 11.9. The van der Waals surface area contributed by atoms with Gasteiger partial charge in [-0.2, -0.15) is 0 Å². The Balaban J connectivity index is 1.81. The third-order valence-electron chi connectivity index (χ3n) is 3.17. The van der Waals surface area contributed by atoms with Crippen LogP contribution in [0.25, 0.3) is 0 Å². The zero-order valence-corrected chi connectivity index (χ0v) is 11.9. The molecule has 0 aliphatic heterocycles. The van der Waals surface area contributed by atoms with Crippen LogP contribution in [0.1, 0.15) is 31.2 Å². The summed E-state index contributed by atoms with van der Waals surface area (Å²) in [4.78, 5) is 11.9. The highest BCUT2D eigenvalue weighted by molar-refractivity contribution is 14.1. The first-order chi connectivity index (χ1) is 8.25. The highest BCUT2D eigenvalue weighted by Gasteiger charge is 2.26. The molecule has 0 radical (unpaired) electrons. The van der Waals surface area contributed by atoms with Gasteiger partial charge < -0.3 is 4.74 Å². The van der Waals surface area contributed by atoms with E-state index in [1.54, 1.807) is 0 Å². The molecular formula is C14H17IO2. The van der Waals surface area contributed by atoms with E-state index in [0.717, 1.165) is 24.8 Å². The van der Waals surface area contributed by atoms with Gasteiger partial charge in [0.25, 0.3) is 0 Å². The molecule has 1 aliphatic carbocycles. The molecular weight excluding hydrogens is 327 g/mol. The van der Waals surface area contributed by atoms with E-state index in [0.29, 0.717) is 10.5 Å². The molecule has 0 N–H and O–H groups in total. The third-order valence-corrected chi connectivity index (χ3v) is 4.30. The molecule has 1 aromatic rings. The number of rotatable bonds is 3. The molecule has 1 saturated carbocycles. The van der Waals surface area contributed by atoms with Crippen molar-refractivity contribution in [3.8, 4) is 0 Å². The van der Waals surface area contributed by atoms with Gasteiger partial charge in [0.2, 0.25) is 0 Å². The first kappa shape index (κ1) is 12.9. The van der Waals surface area contributed by atoms with Crippen molar-refractivity contribution in [1.82, 2.24) is 0 Å². The Hall–Kier alpha value is -0.580. The summed E-state index contributed by atoms with van der Waals surface area (Å²) in [5.74, 6) is 0.101. The normalized spacial score (nSPS) is 24.3. The van der Waals surface area contributed by atoms with Gasteiger partial charge in [-0.25, -0.2) is 0 Å². The van der Waals surface area contributed by atoms with Crippen LogP contribution in [0.3, 0.4) is 0 Å². The first-order valence-electron chi connectivity index (χ1n) is 6.10. The van der Waals surface area contributed by atoms with Gasteiger partial charge in [0.15, 0.2) is 0 Å². The molecule has 0 amide bonds. The summed E-state index contributed by atoms with van der Waals surface area (Å²) in [7, 11) is 0. The van der Waals surface area contributed by atoms with Gasteiger partial charge in [-0.15, -0.1) is 0 Å². The highest BCUT2D eigenvalue weighted by atomic mass is 127. The van der Waals surface area contributed by atoms with E-state index in [1.807, 2.05) is 30.3 Å². The maximum Gasteiger partial charge on any atom is 0.309 e. The number of alkyl halides is 1. The average Bonchev–Trinajstić information content (AvgIpc) is 2.37. The second-order valence-electron chi connectivity index (χ2n) is 4.55. The quantitative estimate of drug-likeness (QED) is 0.475. The third kappa shape index (κ3) is 3.98. The average molecular weight is 344 g/mol. The Labute approximate surface area is 116 Å². The van der Waals surface area contributed by atoms with Crippen LogP contribution in [0.15, 0.2) is 30.3 Å². The highest BCUT2D eigenvalue weighted by Crippen LogP contribution is 2.30. The summed E-state index contributed by atoms with van der Waals surface area (Å²) in [5.41, 5.74) is 1.06. The fourth-order valence-corrected chi connectivity index (χ4v) is 3.25. The fraction of sp³-hybridized carbons (Fsp3) is 0.500. The monoisotopic (exact) mass is 344 g/mol. The van der Waals surface area contributed by atoms with Crippen molar-refractivity contribution in [3.05, 3.63) is 35.9 Å². The summed E-state index contributed by atoms with van der Waals surface area (Å²) < 4.78 is 6.01. The molecule has 2 nitrogen and oxygen atoms in total. The van der Waals surface area contributed by atoms with Crippen LogP contribution < -0.4 is 0 Å². The van der Waals surface area contributed by atoms with E-state index in [-0.39, 0.29) is 11.9 Å². The molecule has 0 saturated heterocycles. The van der Waals surface area contributed by atoms with E-state index < -0.39 is 0 Å². The Morgan fingerprint density at radius 2 is 2.06 bits per heavy atom. The lowest BCUT2D eigenvalue weighted by molar-refractivity contribution is -0.150. The summed E-state index contributed by atoms with van der Waals surface area (Å²) in [6, 6.07) is 9.85. The van der Waals surface area contributed by atoms with Crippen LogP contribution in [0.2, 0.25) is 0 Å². The van der Waals surface area contributed by atoms with E-state index in [2.05, 4.69) is 22.6 Å². The molecule has 3 heteroatoms. The number of carbonyl (C=O) groups excluding carboxylic acids is 1. The van der Waals surface area contributed by atoms with Crippen molar-refractivity contribution >= 4 is 28.6 Å². The van der Waals surface area contributed by atoms with Crippen LogP contribution in [-0.4, -0.2) is 9.89 Å². The minimum Gasteiger partial charge on any atom is -0.461 e. The summed E-state index contributed by atoms with van der Waals surface area (Å²) >= 11 is 2.44. The fourth-order valence-electron chi connectivity index (χ4n) is 2.19. The Morgan fingerprint density at radius 3 is 2.76 bits per heavy atom. The van der Waals surface area contributed by atoms with Gasteiger partial charge in [-0.1, -0.05) is 59.3 Å². The van der Waals surface area contributed by atoms with Crippen molar-refractivity contribution in [1.29, 1.82) is 0 Å². The number of hydrogen-bond acceptors (Lipinski definition) is 2. The van der Waals surface area contributed by atoms with E-state index >= 15 is 0 Å². The molecule has 1 aromatic carbocycles. The number of halogens is 1. The van der Waals surface area contributed by atoms with Crippen LogP contribution >= 0.6 is 22.6 Å². The second-order valence-corrected chi connectivity index (χ2v) is 6.32. The van der Waals surface area contributed by atoms with Gasteiger partial charge in [-0.3, -0.25) is 4.79 Å². The molecule has 17 heavy (non-hydrogen) atoms. The van der Waals surface area contributed by atoms with Crippen molar-refractivity contribution in [2.45, 2.75) is 36.2 Å². The van der Waals surface area contributed by atoms with Crippen LogP contribution in [0.4, 0.5) is 0 Å². The molecule has 0 heterocycles. The Kier molecular flexibility index (Phi) is 4.83. The van der Waals surface area contributed by atoms with Crippen molar-refractivity contribution in [2.24, 2.45) is 5.92 Å². The molecule has 0 bridgehead atoms. The van der Waals surface area contributed by atoms with Gasteiger partial charge in [-0.05, 0) is 24.8 Å². The van der Waals surface area contributed by atoms with Crippen LogP contribution in [0.5, 0.6) is 0 Å². The molecule has 0 spiro atoms. The number of hydrogen-bond donors (Lipinski definition) is 0. The van der Waals surface area contributed by atoms with Crippen molar-refractivity contribution in [2.75, 3.05) is 0 Å². The summed E-state index contributed by atoms with van der Waals surface area (Å²) in [6.45, 7) is 0.405. The van der Waals surface area contributed by atoms with Crippen LogP contribution in [-0.2, 0) is 16.1 Å². The predicted molar refractivity (Wildman–Crippen MR) is 76.0 cm³/mol. The Morgan fingerprint density at radius 1 is 1.29 bits per heavy atom. The summed E-state index contributed by atoms with van der Waals surface area (Å²) in [6.07, 6.45) is 4.36. The number of carbonyl (C=O) groups is 1. The topological polar surface area (TPSA) is 26.3 Å². The van der Waals surface area contributed by atoms with Crippen molar-refractivity contribution in [3.63, 3.8) is 0 Å². The molecule has 1 aliphatic rings. The number of esters is 1. The Bertz CT molecular complexity index is 364. The zero-order chi connectivity index (χ0) is 12.1. The van der Waals surface area contributed by atoms with E-state index in [4.69, 9.17) is 4.74 Å². The predicted octanol–water partition coefficient (Wildman–Crippen LogP) is 3.72. The van der Waals surface area contributed by atoms with Crippen LogP contribution in [0, 0.1) is 5.92 Å². The van der Waals surface area contributed by atoms with E-state index in [1.165, 1.54) is 6.42 Å². The van der Waals surface area contributed by atoms with Gasteiger partial charge in [0, 0.05) is 3.92 Å². The maximum absolute atomic E-state index is 11.9. The molecule has 2 rings (SSSR count). The molecule has 1 fully saturated rings. The minimum absolute atomic E-state index is 0.0183. The van der Waals surface area contributed by atoms with Gasteiger partial charge >= 0.3 is 5.97 Å². The number of ether oxygens (including phenoxy) is 1. The molecule has 2 atom stereocenters. The van der Waals surface area contributed by atoms with Crippen molar-refractivity contribution < 1.29 is 9.53 Å². The SMILES string of the molecule is O=C(OCc1ccccc1)C1CCCC(I)C1. The second kappa shape index (κ2) is 6.38. The smallest absolute Gasteiger partial charge is 0.309 e. The zero-order valence-electron chi connectivity index (χ0n) is 9.77. The minimum atomic E-state index is -0.0183. The van der Waals surface area contributed by atoms with Gasteiger partial charge in [0.1, 0.15) is 6.61 Å². The number of benzene rings is 1. The largest absolute Gasteiger partial charge is 0.461 e.